The largest absolute Gasteiger partial charge is 0.501 e. The maximum atomic E-state index is 11.5. The number of hydrogen-bond donors (Lipinski definition) is 12. The van der Waals surface area contributed by atoms with Crippen LogP contribution >= 0.6 is 0 Å². The van der Waals surface area contributed by atoms with Crippen molar-refractivity contribution in [1.82, 2.24) is 16.0 Å². The van der Waals surface area contributed by atoms with E-state index in [0.717, 1.165) is 56.1 Å². The molecule has 0 rings (SSSR count). The number of nitrogens with one attached hydrogen (secondary N) is 3. The van der Waals surface area contributed by atoms with Crippen LogP contribution in [-0.4, -0.2) is 200 Å². The van der Waals surface area contributed by atoms with E-state index in [0.29, 0.717) is 13.0 Å². The zero-order valence-corrected chi connectivity index (χ0v) is 39.3. The summed E-state index contributed by atoms with van der Waals surface area (Å²) >= 11 is 0. The number of carboxylic acids is 3. The lowest BCUT2D eigenvalue weighted by atomic mass is 10.0. The van der Waals surface area contributed by atoms with Gasteiger partial charge in [-0.1, -0.05) is 90.9 Å². The van der Waals surface area contributed by atoms with Crippen LogP contribution in [0, 0.1) is 0 Å². The molecule has 62 heavy (non-hydrogen) atoms. The summed E-state index contributed by atoms with van der Waals surface area (Å²) in [6.07, 6.45) is 19.2. The molecule has 0 radical (unpaired) electrons. The molecule has 0 aliphatic heterocycles. The molecule has 19 nitrogen and oxygen atoms in total. The first kappa shape index (κ1) is 60.1. The van der Waals surface area contributed by atoms with Crippen LogP contribution in [0.15, 0.2) is 0 Å². The van der Waals surface area contributed by atoms with Gasteiger partial charge < -0.3 is 63.7 Å². The second kappa shape index (κ2) is 34.5. The van der Waals surface area contributed by atoms with E-state index in [4.69, 9.17) is 13.3 Å². The zero-order valence-electron chi connectivity index (χ0n) is 38.3. The Balaban J connectivity index is 6.91. The molecular formula is C42H87N4O15Si+. The Morgan fingerprint density at radius 2 is 0.710 bits per heavy atom. The van der Waals surface area contributed by atoms with E-state index in [1.165, 1.54) is 64.2 Å². The average Bonchev–Trinajstić information content (AvgIpc) is 3.26. The molecule has 0 heterocycles. The van der Waals surface area contributed by atoms with Crippen LogP contribution in [0.4, 0.5) is 0 Å². The summed E-state index contributed by atoms with van der Waals surface area (Å²) in [5.74, 6) is -3.84. The predicted molar refractivity (Wildman–Crippen MR) is 237 cm³/mol. The van der Waals surface area contributed by atoms with Crippen LogP contribution in [-0.2, 0) is 27.7 Å². The molecule has 0 aliphatic carbocycles. The second-order valence-corrected chi connectivity index (χ2v) is 20.2. The highest BCUT2D eigenvalue weighted by atomic mass is 28.4. The van der Waals surface area contributed by atoms with E-state index >= 15 is 0 Å². The first-order chi connectivity index (χ1) is 29.6. The summed E-state index contributed by atoms with van der Waals surface area (Å²) in [6, 6.07) is 0.0271. The van der Waals surface area contributed by atoms with Gasteiger partial charge in [-0.3, -0.25) is 30.3 Å². The quantitative estimate of drug-likeness (QED) is 0.0233. The third-order valence-electron chi connectivity index (χ3n) is 11.6. The second-order valence-electron chi connectivity index (χ2n) is 17.4. The van der Waals surface area contributed by atoms with Crippen molar-refractivity contribution in [2.75, 3.05) is 106 Å². The first-order valence-electron chi connectivity index (χ1n) is 22.9. The van der Waals surface area contributed by atoms with E-state index in [1.54, 1.807) is 0 Å². The van der Waals surface area contributed by atoms with Crippen LogP contribution in [0.5, 0.6) is 0 Å². The van der Waals surface area contributed by atoms with Gasteiger partial charge in [0.1, 0.15) is 0 Å². The number of quaternary nitrogens is 1. The van der Waals surface area contributed by atoms with Crippen molar-refractivity contribution >= 4 is 26.7 Å². The van der Waals surface area contributed by atoms with Gasteiger partial charge in [-0.05, 0) is 25.7 Å². The Morgan fingerprint density at radius 3 is 0.968 bits per heavy atom. The summed E-state index contributed by atoms with van der Waals surface area (Å²) in [6.45, 7) is -1.61. The van der Waals surface area contributed by atoms with E-state index in [9.17, 15) is 60.3 Å². The lowest BCUT2D eigenvalue weighted by Crippen LogP contribution is -2.64. The van der Waals surface area contributed by atoms with Crippen molar-refractivity contribution in [2.24, 2.45) is 0 Å². The van der Waals surface area contributed by atoms with E-state index in [2.05, 4.69) is 36.8 Å². The fourth-order valence-corrected chi connectivity index (χ4v) is 9.82. The number of rotatable bonds is 46. The van der Waals surface area contributed by atoms with Crippen LogP contribution in [0.1, 0.15) is 123 Å². The van der Waals surface area contributed by atoms with Gasteiger partial charge >= 0.3 is 26.7 Å². The van der Waals surface area contributed by atoms with Gasteiger partial charge in [0.05, 0.1) is 122 Å². The van der Waals surface area contributed by atoms with E-state index < -0.39 is 122 Å². The van der Waals surface area contributed by atoms with Crippen molar-refractivity contribution in [3.05, 3.63) is 0 Å². The number of carbonyl (C=O) groups is 3. The van der Waals surface area contributed by atoms with Crippen molar-refractivity contribution < 1.29 is 78.1 Å². The molecule has 0 saturated carbocycles. The topological polar surface area (TPSA) is 297 Å². The van der Waals surface area contributed by atoms with Crippen LogP contribution in [0.25, 0.3) is 0 Å². The summed E-state index contributed by atoms with van der Waals surface area (Å²) in [4.78, 5) is 34.6. The Morgan fingerprint density at radius 1 is 0.452 bits per heavy atom. The van der Waals surface area contributed by atoms with Gasteiger partial charge in [0.2, 0.25) is 0 Å². The number of aliphatic hydroxyl groups excluding tert-OH is 6. The Bertz CT molecular complexity index is 1050. The third-order valence-corrected chi connectivity index (χ3v) is 14.4. The average molecular weight is 916 g/mol. The molecule has 0 aromatic carbocycles. The molecule has 12 N–H and O–H groups in total. The smallest absolute Gasteiger partial charge is 0.480 e. The number of nitrogens with zero attached hydrogens (tertiary/aromatic N) is 1. The maximum absolute atomic E-state index is 11.5. The number of unbranched alkanes of at least 4 members (excludes halogenated alkanes) is 14. The lowest BCUT2D eigenvalue weighted by Gasteiger charge is -2.41. The van der Waals surface area contributed by atoms with Crippen molar-refractivity contribution in [1.29, 1.82) is 0 Å². The minimum atomic E-state index is -4.35. The highest BCUT2D eigenvalue weighted by Crippen LogP contribution is 2.26. The SMILES string of the molecule is CCCCCCCCCC[N+](C)(CCCCCCCCCC)CCC[Si](OCC(CO)(CO)NCC(=O)O)(OCC(CO)(CO)NCC(=O)O)OCC(CO)(CO)NCC(=O)O. The fraction of sp³-hybridized carbons (Fsp3) is 0.929. The minimum Gasteiger partial charge on any atom is -0.480 e. The monoisotopic (exact) mass is 916 g/mol. The Labute approximate surface area is 371 Å². The third kappa shape index (κ3) is 26.2. The number of hydrogen-bond acceptors (Lipinski definition) is 15. The fourth-order valence-electron chi connectivity index (χ4n) is 7.06. The number of aliphatic hydroxyl groups is 6. The standard InChI is InChI=1S/C42H86N4O15Si/c1-4-6-8-10-12-14-16-18-21-46(3,22-19-17-15-13-11-9-7-5-2)23-20-24-62(59-34-40(28-47,29-48)43-25-37(53)54,60-35-41(30-49,31-50)44-26-38(55)56)61-36-42(32-51,33-52)45-27-39(57)58/h43-45,47-52H,4-36H2,1-3H3,(H2-,53,54,55,56,57,58)/p+1. The molecule has 0 bridgehead atoms. The highest BCUT2D eigenvalue weighted by molar-refractivity contribution is 6.60. The Kier molecular flexibility index (Phi) is 33.4. The summed E-state index contributed by atoms with van der Waals surface area (Å²) in [5.41, 5.74) is -5.21. The number of carboxylic acid groups (broad SMARTS) is 3. The number of aliphatic carboxylic acids is 3. The van der Waals surface area contributed by atoms with Crippen molar-refractivity contribution in [3.63, 3.8) is 0 Å². The maximum Gasteiger partial charge on any atom is 0.501 e. The molecule has 0 spiro atoms. The summed E-state index contributed by atoms with van der Waals surface area (Å²) in [5, 5.41) is 98.4. The Hall–Kier alpha value is -1.89. The van der Waals surface area contributed by atoms with E-state index in [1.807, 2.05) is 0 Å². The van der Waals surface area contributed by atoms with Gasteiger partial charge in [0.25, 0.3) is 0 Å². The zero-order chi connectivity index (χ0) is 46.8. The summed E-state index contributed by atoms with van der Waals surface area (Å²) < 4.78 is 20.1. The molecule has 20 heteroatoms. The van der Waals surface area contributed by atoms with Gasteiger partial charge in [-0.2, -0.15) is 0 Å². The van der Waals surface area contributed by atoms with Crippen molar-refractivity contribution in [3.8, 4) is 0 Å². The van der Waals surface area contributed by atoms with Crippen molar-refractivity contribution in [2.45, 2.75) is 146 Å². The molecular weight excluding hydrogens is 829 g/mol. The molecule has 0 saturated heterocycles. The highest BCUT2D eigenvalue weighted by Gasteiger charge is 2.48. The minimum absolute atomic E-state index is 0.0271. The van der Waals surface area contributed by atoms with Gasteiger partial charge in [-0.15, -0.1) is 0 Å². The van der Waals surface area contributed by atoms with Gasteiger partial charge in [0, 0.05) is 12.5 Å². The van der Waals surface area contributed by atoms with Crippen LogP contribution in [0.2, 0.25) is 6.04 Å². The normalized spacial score (nSPS) is 12.9. The lowest BCUT2D eigenvalue weighted by molar-refractivity contribution is -0.910. The molecule has 0 amide bonds. The van der Waals surface area contributed by atoms with Crippen LogP contribution in [0.3, 0.4) is 0 Å². The molecule has 0 atom stereocenters. The first-order valence-corrected chi connectivity index (χ1v) is 24.8. The van der Waals surface area contributed by atoms with Crippen LogP contribution < -0.4 is 16.0 Å². The molecule has 0 fully saturated rings. The predicted octanol–water partition coefficient (Wildman–Crippen LogP) is 1.29. The molecule has 0 aromatic rings. The molecule has 0 aliphatic rings. The van der Waals surface area contributed by atoms with Gasteiger partial charge in [-0.25, -0.2) is 0 Å². The summed E-state index contributed by atoms with van der Waals surface area (Å²) in [7, 11) is -2.14. The van der Waals surface area contributed by atoms with Gasteiger partial charge in [0.15, 0.2) is 0 Å². The molecule has 368 valence electrons. The van der Waals surface area contributed by atoms with E-state index in [-0.39, 0.29) is 6.04 Å². The molecule has 0 aromatic heterocycles. The molecule has 0 unspecified atom stereocenters.